The van der Waals surface area contributed by atoms with Gasteiger partial charge >= 0.3 is 0 Å². The highest BCUT2D eigenvalue weighted by Gasteiger charge is 2.03. The average Bonchev–Trinajstić information content (AvgIpc) is 2.94. The minimum absolute atomic E-state index is 0.126. The van der Waals surface area contributed by atoms with E-state index in [4.69, 9.17) is 10.2 Å². The summed E-state index contributed by atoms with van der Waals surface area (Å²) < 4.78 is 5.70. The molecular formula is C16H19N3OS. The van der Waals surface area contributed by atoms with E-state index in [-0.39, 0.29) is 5.11 Å². The van der Waals surface area contributed by atoms with Gasteiger partial charge in [0.15, 0.2) is 5.11 Å². The van der Waals surface area contributed by atoms with Gasteiger partial charge in [0.1, 0.15) is 11.5 Å². The van der Waals surface area contributed by atoms with Crippen LogP contribution in [0.1, 0.15) is 31.1 Å². The van der Waals surface area contributed by atoms with Crippen molar-refractivity contribution in [2.24, 2.45) is 10.8 Å². The summed E-state index contributed by atoms with van der Waals surface area (Å²) in [7, 11) is 0. The van der Waals surface area contributed by atoms with Crippen molar-refractivity contribution in [3.63, 3.8) is 0 Å². The minimum atomic E-state index is 0.126. The highest BCUT2D eigenvalue weighted by atomic mass is 32.1. The molecule has 1 aromatic heterocycles. The number of nitrogens with one attached hydrogen (secondary N) is 1. The molecule has 0 saturated carbocycles. The lowest BCUT2D eigenvalue weighted by atomic mass is 10.1. The molecule has 0 bridgehead atoms. The van der Waals surface area contributed by atoms with Gasteiger partial charge in [-0.05, 0) is 42.8 Å². The zero-order valence-corrected chi connectivity index (χ0v) is 12.8. The topological polar surface area (TPSA) is 63.5 Å². The highest BCUT2D eigenvalue weighted by molar-refractivity contribution is 7.80. The van der Waals surface area contributed by atoms with Gasteiger partial charge in [0.2, 0.25) is 0 Å². The number of furan rings is 1. The third kappa shape index (κ3) is 4.72. The molecule has 110 valence electrons. The molecule has 0 atom stereocenters. The summed E-state index contributed by atoms with van der Waals surface area (Å²) in [5.74, 6) is 1.46. The molecule has 4 nitrogen and oxygen atoms in total. The first-order chi connectivity index (χ1) is 10.2. The van der Waals surface area contributed by atoms with Crippen LogP contribution in [0.2, 0.25) is 0 Å². The standard InChI is InChI=1S/C16H19N3OS/c1-2-3-4-12-5-7-13(8-6-12)15-10-9-14(20-15)11-18-19-16(17)21/h5-11H,2-4H2,1H3,(H3,17,19,21)/b18-11+. The van der Waals surface area contributed by atoms with Gasteiger partial charge in [-0.2, -0.15) is 5.10 Å². The third-order valence-corrected chi connectivity index (χ3v) is 3.14. The Morgan fingerprint density at radius 2 is 2.05 bits per heavy atom. The number of hydrogen-bond acceptors (Lipinski definition) is 3. The Morgan fingerprint density at radius 1 is 1.29 bits per heavy atom. The Hall–Kier alpha value is -2.14. The number of aryl methyl sites for hydroxylation is 1. The zero-order valence-electron chi connectivity index (χ0n) is 12.0. The molecule has 2 aromatic rings. The second kappa shape index (κ2) is 7.59. The van der Waals surface area contributed by atoms with Gasteiger partial charge in [-0.1, -0.05) is 37.6 Å². The lowest BCUT2D eigenvalue weighted by Crippen LogP contribution is -2.23. The normalized spacial score (nSPS) is 10.9. The van der Waals surface area contributed by atoms with Crippen molar-refractivity contribution in [3.05, 3.63) is 47.7 Å². The summed E-state index contributed by atoms with van der Waals surface area (Å²) in [6, 6.07) is 12.2. The Balaban J connectivity index is 2.03. The maximum Gasteiger partial charge on any atom is 0.184 e. The van der Waals surface area contributed by atoms with Crippen LogP contribution in [0.4, 0.5) is 0 Å². The molecule has 0 amide bonds. The van der Waals surface area contributed by atoms with E-state index < -0.39 is 0 Å². The van der Waals surface area contributed by atoms with E-state index in [9.17, 15) is 0 Å². The summed E-state index contributed by atoms with van der Waals surface area (Å²) in [5, 5.41) is 3.99. The first-order valence-electron chi connectivity index (χ1n) is 6.96. The Bertz CT molecular complexity index is 617. The van der Waals surface area contributed by atoms with Crippen molar-refractivity contribution < 1.29 is 4.42 Å². The molecule has 1 aromatic carbocycles. The number of unbranched alkanes of at least 4 members (excludes halogenated alkanes) is 1. The molecule has 0 aliphatic rings. The van der Waals surface area contributed by atoms with Crippen molar-refractivity contribution in [3.8, 4) is 11.3 Å². The van der Waals surface area contributed by atoms with Crippen molar-refractivity contribution in [1.82, 2.24) is 5.43 Å². The molecule has 1 heterocycles. The van der Waals surface area contributed by atoms with Crippen molar-refractivity contribution in [2.75, 3.05) is 0 Å². The van der Waals surface area contributed by atoms with Crippen LogP contribution in [0.25, 0.3) is 11.3 Å². The predicted molar refractivity (Wildman–Crippen MR) is 90.3 cm³/mol. The summed E-state index contributed by atoms with van der Waals surface area (Å²) in [6.07, 6.45) is 5.09. The van der Waals surface area contributed by atoms with E-state index in [0.717, 1.165) is 17.7 Å². The largest absolute Gasteiger partial charge is 0.455 e. The Morgan fingerprint density at radius 3 is 2.71 bits per heavy atom. The lowest BCUT2D eigenvalue weighted by molar-refractivity contribution is 0.574. The van der Waals surface area contributed by atoms with Crippen LogP contribution in [0, 0.1) is 0 Å². The summed E-state index contributed by atoms with van der Waals surface area (Å²) in [5.41, 5.74) is 10.2. The van der Waals surface area contributed by atoms with Gasteiger partial charge in [-0.25, -0.2) is 0 Å². The predicted octanol–water partition coefficient (Wildman–Crippen LogP) is 3.46. The Kier molecular flexibility index (Phi) is 5.51. The zero-order chi connectivity index (χ0) is 15.1. The summed E-state index contributed by atoms with van der Waals surface area (Å²) in [6.45, 7) is 2.20. The SMILES string of the molecule is CCCCc1ccc(-c2ccc(/C=N/NC(N)=S)o2)cc1. The van der Waals surface area contributed by atoms with Gasteiger partial charge in [0.25, 0.3) is 0 Å². The van der Waals surface area contributed by atoms with Crippen LogP contribution in [0.5, 0.6) is 0 Å². The van der Waals surface area contributed by atoms with E-state index in [1.54, 1.807) is 0 Å². The molecule has 0 saturated heterocycles. The second-order valence-corrected chi connectivity index (χ2v) is 5.18. The fraction of sp³-hybridized carbons (Fsp3) is 0.250. The van der Waals surface area contributed by atoms with Crippen molar-refractivity contribution in [2.45, 2.75) is 26.2 Å². The molecule has 5 heteroatoms. The second-order valence-electron chi connectivity index (χ2n) is 4.74. The van der Waals surface area contributed by atoms with Crippen molar-refractivity contribution >= 4 is 23.5 Å². The number of hydrogen-bond donors (Lipinski definition) is 2. The molecule has 0 unspecified atom stereocenters. The maximum absolute atomic E-state index is 5.70. The van der Waals surface area contributed by atoms with Gasteiger partial charge < -0.3 is 10.2 Å². The van der Waals surface area contributed by atoms with Gasteiger partial charge in [-0.3, -0.25) is 5.43 Å². The maximum atomic E-state index is 5.70. The highest BCUT2D eigenvalue weighted by Crippen LogP contribution is 2.22. The smallest absolute Gasteiger partial charge is 0.184 e. The monoisotopic (exact) mass is 301 g/mol. The van der Waals surface area contributed by atoms with E-state index in [1.807, 2.05) is 12.1 Å². The molecule has 0 aliphatic carbocycles. The number of rotatable bonds is 6. The molecule has 0 spiro atoms. The molecular weight excluding hydrogens is 282 g/mol. The number of nitrogens with two attached hydrogens (primary N) is 1. The summed E-state index contributed by atoms with van der Waals surface area (Å²) in [4.78, 5) is 0. The third-order valence-electron chi connectivity index (χ3n) is 3.05. The fourth-order valence-electron chi connectivity index (χ4n) is 1.95. The summed E-state index contributed by atoms with van der Waals surface area (Å²) >= 11 is 4.66. The minimum Gasteiger partial charge on any atom is -0.455 e. The lowest BCUT2D eigenvalue weighted by Gasteiger charge is -2.01. The van der Waals surface area contributed by atoms with Crippen LogP contribution in [-0.2, 0) is 6.42 Å². The quantitative estimate of drug-likeness (QED) is 0.487. The van der Waals surface area contributed by atoms with Crippen LogP contribution in [-0.4, -0.2) is 11.3 Å². The van der Waals surface area contributed by atoms with E-state index >= 15 is 0 Å². The first kappa shape index (κ1) is 15.3. The molecule has 0 aliphatic heterocycles. The van der Waals surface area contributed by atoms with Crippen LogP contribution < -0.4 is 11.2 Å². The number of benzene rings is 1. The number of nitrogens with zero attached hydrogens (tertiary/aromatic N) is 1. The van der Waals surface area contributed by atoms with E-state index in [0.29, 0.717) is 5.76 Å². The van der Waals surface area contributed by atoms with Crippen LogP contribution in [0.3, 0.4) is 0 Å². The molecule has 3 N–H and O–H groups in total. The molecule has 0 radical (unpaired) electrons. The van der Waals surface area contributed by atoms with Gasteiger partial charge in [0.05, 0.1) is 6.21 Å². The first-order valence-corrected chi connectivity index (χ1v) is 7.37. The number of hydrazone groups is 1. The van der Waals surface area contributed by atoms with Crippen LogP contribution in [0.15, 0.2) is 45.9 Å². The molecule has 2 rings (SSSR count). The van der Waals surface area contributed by atoms with E-state index in [2.05, 4.69) is 53.9 Å². The van der Waals surface area contributed by atoms with Gasteiger partial charge in [0, 0.05) is 5.56 Å². The molecule has 0 fully saturated rings. The van der Waals surface area contributed by atoms with Crippen molar-refractivity contribution in [1.29, 1.82) is 0 Å². The van der Waals surface area contributed by atoms with Gasteiger partial charge in [-0.15, -0.1) is 0 Å². The van der Waals surface area contributed by atoms with E-state index in [1.165, 1.54) is 24.6 Å². The average molecular weight is 301 g/mol. The Labute approximate surface area is 130 Å². The fourth-order valence-corrected chi connectivity index (χ4v) is 2.01. The van der Waals surface area contributed by atoms with Crippen LogP contribution >= 0.6 is 12.2 Å². The number of thiocarbonyl (C=S) groups is 1. The molecule has 21 heavy (non-hydrogen) atoms.